The van der Waals surface area contributed by atoms with Crippen LogP contribution < -0.4 is 10.6 Å². The van der Waals surface area contributed by atoms with E-state index in [9.17, 15) is 29.4 Å². The zero-order valence-corrected chi connectivity index (χ0v) is 22.7. The average Bonchev–Trinajstić information content (AvgIpc) is 3.37. The molecule has 0 unspecified atom stereocenters. The second-order valence-corrected chi connectivity index (χ2v) is 11.1. The maximum Gasteiger partial charge on any atom is 0.309 e. The summed E-state index contributed by atoms with van der Waals surface area (Å²) in [7, 11) is 0. The summed E-state index contributed by atoms with van der Waals surface area (Å²) in [5.74, 6) is -2.07. The Labute approximate surface area is 227 Å². The lowest BCUT2D eigenvalue weighted by Crippen LogP contribution is -2.56. The molecule has 9 nitrogen and oxygen atoms in total. The Bertz CT molecular complexity index is 1160. The summed E-state index contributed by atoms with van der Waals surface area (Å²) >= 11 is 1.41. The number of aryl methyl sites for hydroxylation is 1. The lowest BCUT2D eigenvalue weighted by atomic mass is 9.89. The molecule has 10 heteroatoms. The van der Waals surface area contributed by atoms with E-state index < -0.39 is 41.4 Å². The molecule has 0 aromatic heterocycles. The number of carboxylic acids is 1. The highest BCUT2D eigenvalue weighted by molar-refractivity contribution is 7.99. The van der Waals surface area contributed by atoms with E-state index in [1.54, 1.807) is 0 Å². The summed E-state index contributed by atoms with van der Waals surface area (Å²) < 4.78 is 0. The maximum atomic E-state index is 13.4. The van der Waals surface area contributed by atoms with Crippen LogP contribution in [0.1, 0.15) is 37.0 Å². The van der Waals surface area contributed by atoms with Crippen LogP contribution in [0, 0.1) is 12.3 Å². The van der Waals surface area contributed by atoms with Crippen molar-refractivity contribution in [3.05, 3.63) is 71.3 Å². The number of hydrogen-bond acceptors (Lipinski definition) is 6. The van der Waals surface area contributed by atoms with Crippen LogP contribution in [0.5, 0.6) is 0 Å². The fourth-order valence-electron chi connectivity index (χ4n) is 4.17. The minimum atomic E-state index is -1.63. The van der Waals surface area contributed by atoms with Crippen molar-refractivity contribution in [2.75, 3.05) is 11.6 Å². The largest absolute Gasteiger partial charge is 0.481 e. The van der Waals surface area contributed by atoms with Gasteiger partial charge in [-0.1, -0.05) is 54.6 Å². The van der Waals surface area contributed by atoms with Crippen LogP contribution >= 0.6 is 11.8 Å². The second kappa shape index (κ2) is 12.9. The Morgan fingerprint density at radius 3 is 2.39 bits per heavy atom. The fraction of sp³-hybridized carbons (Fsp3) is 0.429. The maximum absolute atomic E-state index is 13.4. The van der Waals surface area contributed by atoms with Gasteiger partial charge in [0.05, 0.1) is 17.3 Å². The van der Waals surface area contributed by atoms with E-state index in [1.165, 1.54) is 30.5 Å². The van der Waals surface area contributed by atoms with Gasteiger partial charge in [-0.2, -0.15) is 0 Å². The normalized spacial score (nSPS) is 16.9. The van der Waals surface area contributed by atoms with Crippen LogP contribution in [-0.2, 0) is 32.1 Å². The first-order valence-corrected chi connectivity index (χ1v) is 13.6. The van der Waals surface area contributed by atoms with Crippen molar-refractivity contribution in [3.63, 3.8) is 0 Å². The Morgan fingerprint density at radius 1 is 1.08 bits per heavy atom. The SMILES string of the molecule is Cc1ccccc1CNC(=O)[C@@H]1CSCN1C(=O)[C@@H](O)[C@H](Cc1ccccc1)NC(=O)CC(C)(C)C(=O)O. The monoisotopic (exact) mass is 541 g/mol. The number of aliphatic carboxylic acids is 1. The molecule has 1 aliphatic rings. The molecule has 0 radical (unpaired) electrons. The molecule has 1 heterocycles. The molecule has 204 valence electrons. The number of thioether (sulfide) groups is 1. The lowest BCUT2D eigenvalue weighted by Gasteiger charge is -2.30. The molecular formula is C28H35N3O6S. The van der Waals surface area contributed by atoms with Crippen molar-refractivity contribution in [2.24, 2.45) is 5.41 Å². The van der Waals surface area contributed by atoms with E-state index in [4.69, 9.17) is 0 Å². The van der Waals surface area contributed by atoms with E-state index in [2.05, 4.69) is 10.6 Å². The number of carbonyl (C=O) groups is 4. The number of hydrogen-bond donors (Lipinski definition) is 4. The van der Waals surface area contributed by atoms with Gasteiger partial charge in [-0.05, 0) is 43.9 Å². The van der Waals surface area contributed by atoms with Gasteiger partial charge >= 0.3 is 5.97 Å². The molecular weight excluding hydrogens is 506 g/mol. The van der Waals surface area contributed by atoms with E-state index in [0.29, 0.717) is 12.3 Å². The van der Waals surface area contributed by atoms with Gasteiger partial charge in [0.1, 0.15) is 6.04 Å². The highest BCUT2D eigenvalue weighted by Gasteiger charge is 2.40. The molecule has 0 aliphatic carbocycles. The predicted molar refractivity (Wildman–Crippen MR) is 145 cm³/mol. The third-order valence-electron chi connectivity index (χ3n) is 6.64. The van der Waals surface area contributed by atoms with Crippen molar-refractivity contribution in [3.8, 4) is 0 Å². The summed E-state index contributed by atoms with van der Waals surface area (Å²) in [6.07, 6.45) is -1.80. The number of nitrogens with zero attached hydrogens (tertiary/aromatic N) is 1. The first-order chi connectivity index (χ1) is 18.0. The molecule has 1 fully saturated rings. The molecule has 0 saturated carbocycles. The number of nitrogens with one attached hydrogen (secondary N) is 2. The van der Waals surface area contributed by atoms with Crippen LogP contribution in [0.25, 0.3) is 0 Å². The molecule has 0 spiro atoms. The number of carboxylic acid groups (broad SMARTS) is 1. The Kier molecular flexibility index (Phi) is 9.93. The number of benzene rings is 2. The molecule has 3 rings (SSSR count). The molecule has 2 aromatic carbocycles. The van der Waals surface area contributed by atoms with E-state index >= 15 is 0 Å². The third kappa shape index (κ3) is 7.58. The predicted octanol–water partition coefficient (Wildman–Crippen LogP) is 2.10. The number of aliphatic hydroxyl groups is 1. The topological polar surface area (TPSA) is 136 Å². The minimum absolute atomic E-state index is 0.151. The molecule has 4 N–H and O–H groups in total. The van der Waals surface area contributed by atoms with Gasteiger partial charge < -0.3 is 25.7 Å². The zero-order chi connectivity index (χ0) is 27.9. The highest BCUT2D eigenvalue weighted by atomic mass is 32.2. The summed E-state index contributed by atoms with van der Waals surface area (Å²) in [6, 6.07) is 15.0. The summed E-state index contributed by atoms with van der Waals surface area (Å²) in [6.45, 7) is 5.15. The number of rotatable bonds is 11. The Balaban J connectivity index is 1.72. The summed E-state index contributed by atoms with van der Waals surface area (Å²) in [4.78, 5) is 52.0. The standard InChI is InChI=1S/C28H35N3O6S/c1-18-9-7-8-12-20(18)15-29-25(34)22-16-38-17-31(22)26(35)24(33)21(13-19-10-5-4-6-11-19)30-23(32)14-28(2,3)27(36)37/h4-12,21-22,24,33H,13-17H2,1-3H3,(H,29,34)(H,30,32)(H,36,37)/t21-,22-,24-/m0/s1. The quantitative estimate of drug-likeness (QED) is 0.342. The van der Waals surface area contributed by atoms with Crippen molar-refractivity contribution in [2.45, 2.75) is 58.3 Å². The molecule has 1 aliphatic heterocycles. The van der Waals surface area contributed by atoms with Crippen molar-refractivity contribution in [1.82, 2.24) is 15.5 Å². The van der Waals surface area contributed by atoms with Crippen molar-refractivity contribution < 1.29 is 29.4 Å². The smallest absolute Gasteiger partial charge is 0.309 e. The fourth-order valence-corrected chi connectivity index (χ4v) is 5.34. The first-order valence-electron chi connectivity index (χ1n) is 12.4. The van der Waals surface area contributed by atoms with E-state index in [0.717, 1.165) is 16.7 Å². The molecule has 1 saturated heterocycles. The second-order valence-electron chi connectivity index (χ2n) is 10.1. The van der Waals surface area contributed by atoms with Crippen LogP contribution in [0.3, 0.4) is 0 Å². The van der Waals surface area contributed by atoms with E-state index in [-0.39, 0.29) is 24.6 Å². The minimum Gasteiger partial charge on any atom is -0.481 e. The number of amides is 3. The van der Waals surface area contributed by atoms with Crippen LogP contribution in [-0.4, -0.2) is 68.6 Å². The Morgan fingerprint density at radius 2 is 1.74 bits per heavy atom. The molecule has 3 amide bonds. The first kappa shape index (κ1) is 29.2. The lowest BCUT2D eigenvalue weighted by molar-refractivity contribution is -0.150. The van der Waals surface area contributed by atoms with E-state index in [1.807, 2.05) is 61.5 Å². The summed E-state index contributed by atoms with van der Waals surface area (Å²) in [5, 5.41) is 26.1. The molecule has 38 heavy (non-hydrogen) atoms. The van der Waals surface area contributed by atoms with Crippen LogP contribution in [0.2, 0.25) is 0 Å². The highest BCUT2D eigenvalue weighted by Crippen LogP contribution is 2.24. The van der Waals surface area contributed by atoms with Gasteiger partial charge in [-0.15, -0.1) is 11.8 Å². The van der Waals surface area contributed by atoms with Gasteiger partial charge in [0.2, 0.25) is 11.8 Å². The Hall–Kier alpha value is -3.37. The third-order valence-corrected chi connectivity index (χ3v) is 7.65. The summed E-state index contributed by atoms with van der Waals surface area (Å²) in [5.41, 5.74) is 1.48. The number of aliphatic hydroxyl groups excluding tert-OH is 1. The number of carbonyl (C=O) groups excluding carboxylic acids is 3. The van der Waals surface area contributed by atoms with Crippen molar-refractivity contribution in [1.29, 1.82) is 0 Å². The molecule has 0 bridgehead atoms. The van der Waals surface area contributed by atoms with Gasteiger partial charge in [0.15, 0.2) is 6.10 Å². The van der Waals surface area contributed by atoms with Crippen LogP contribution in [0.15, 0.2) is 54.6 Å². The average molecular weight is 542 g/mol. The zero-order valence-electron chi connectivity index (χ0n) is 21.8. The molecule has 3 atom stereocenters. The van der Waals surface area contributed by atoms with Crippen LogP contribution in [0.4, 0.5) is 0 Å². The van der Waals surface area contributed by atoms with Gasteiger partial charge in [-0.25, -0.2) is 0 Å². The van der Waals surface area contributed by atoms with Crippen molar-refractivity contribution >= 4 is 35.5 Å². The van der Waals surface area contributed by atoms with Gasteiger partial charge in [0, 0.05) is 18.7 Å². The van der Waals surface area contributed by atoms with Gasteiger partial charge in [0.25, 0.3) is 5.91 Å². The molecule has 2 aromatic rings. The van der Waals surface area contributed by atoms with Gasteiger partial charge in [-0.3, -0.25) is 19.2 Å².